The van der Waals surface area contributed by atoms with E-state index in [1.54, 1.807) is 0 Å². The summed E-state index contributed by atoms with van der Waals surface area (Å²) in [4.78, 5) is 0. The molecule has 0 heterocycles. The Balaban J connectivity index is 2.27. The van der Waals surface area contributed by atoms with Gasteiger partial charge >= 0.3 is 0 Å². The highest BCUT2D eigenvalue weighted by Gasteiger charge is 2.05. The van der Waals surface area contributed by atoms with Crippen LogP contribution in [0.25, 0.3) is 10.8 Å². The minimum Gasteiger partial charge on any atom is -0.493 e. The lowest BCUT2D eigenvalue weighted by Crippen LogP contribution is -1.98. The summed E-state index contributed by atoms with van der Waals surface area (Å²) < 4.78 is 5.81. The van der Waals surface area contributed by atoms with Gasteiger partial charge in [-0.15, -0.1) is 0 Å². The molecule has 0 saturated carbocycles. The third kappa shape index (κ3) is 2.62. The minimum atomic E-state index is 0.700. The van der Waals surface area contributed by atoms with Gasteiger partial charge in [-0.2, -0.15) is 5.26 Å². The van der Waals surface area contributed by atoms with Crippen LogP contribution in [0.4, 0.5) is 0 Å². The molecule has 2 nitrogen and oxygen atoms in total. The number of benzene rings is 2. The summed E-state index contributed by atoms with van der Waals surface area (Å²) in [5.41, 5.74) is 0.700. The van der Waals surface area contributed by atoms with Crippen molar-refractivity contribution in [3.63, 3.8) is 0 Å². The molecule has 0 spiro atoms. The first kappa shape index (κ1) is 12.4. The highest BCUT2D eigenvalue weighted by Crippen LogP contribution is 2.28. The summed E-state index contributed by atoms with van der Waals surface area (Å²) in [5.74, 6) is 0.876. The van der Waals surface area contributed by atoms with Crippen molar-refractivity contribution in [2.75, 3.05) is 6.61 Å². The Bertz CT molecular complexity index is 569. The average Bonchev–Trinajstić information content (AvgIpc) is 2.43. The maximum atomic E-state index is 9.08. The normalized spacial score (nSPS) is 10.2. The Morgan fingerprint density at radius 3 is 2.56 bits per heavy atom. The van der Waals surface area contributed by atoms with E-state index in [9.17, 15) is 0 Å². The Labute approximate surface area is 108 Å². The molecule has 2 rings (SSSR count). The quantitative estimate of drug-likeness (QED) is 0.729. The second-order valence-corrected chi connectivity index (χ2v) is 4.32. The van der Waals surface area contributed by atoms with Crippen LogP contribution >= 0.6 is 0 Å². The van der Waals surface area contributed by atoms with Crippen molar-refractivity contribution in [2.24, 2.45) is 0 Å². The van der Waals surface area contributed by atoms with Crippen LogP contribution in [0.2, 0.25) is 0 Å². The second-order valence-electron chi connectivity index (χ2n) is 4.32. The van der Waals surface area contributed by atoms with E-state index < -0.39 is 0 Å². The largest absolute Gasteiger partial charge is 0.493 e. The van der Waals surface area contributed by atoms with Crippen molar-refractivity contribution in [2.45, 2.75) is 26.2 Å². The summed E-state index contributed by atoms with van der Waals surface area (Å²) >= 11 is 0. The molecule has 0 atom stereocenters. The molecular formula is C16H17NO. The number of hydrogen-bond acceptors (Lipinski definition) is 2. The van der Waals surface area contributed by atoms with Gasteiger partial charge in [-0.05, 0) is 18.6 Å². The van der Waals surface area contributed by atoms with Gasteiger partial charge in [-0.1, -0.05) is 44.0 Å². The molecule has 0 aliphatic carbocycles. The predicted molar refractivity (Wildman–Crippen MR) is 73.7 cm³/mol. The molecule has 18 heavy (non-hydrogen) atoms. The van der Waals surface area contributed by atoms with E-state index in [1.807, 2.05) is 36.4 Å². The van der Waals surface area contributed by atoms with Crippen molar-refractivity contribution in [1.82, 2.24) is 0 Å². The predicted octanol–water partition coefficient (Wildman–Crippen LogP) is 4.28. The number of hydrogen-bond donors (Lipinski definition) is 0. The van der Waals surface area contributed by atoms with Crippen molar-refractivity contribution < 1.29 is 4.74 Å². The molecule has 0 unspecified atom stereocenters. The highest BCUT2D eigenvalue weighted by atomic mass is 16.5. The molecule has 92 valence electrons. The van der Waals surface area contributed by atoms with E-state index in [4.69, 9.17) is 10.00 Å². The number of ether oxygens (including phenoxy) is 1. The zero-order chi connectivity index (χ0) is 12.8. The lowest BCUT2D eigenvalue weighted by molar-refractivity contribution is 0.310. The molecule has 0 fully saturated rings. The molecular weight excluding hydrogens is 222 g/mol. The van der Waals surface area contributed by atoms with Crippen molar-refractivity contribution in [1.29, 1.82) is 5.26 Å². The molecule has 0 radical (unpaired) electrons. The van der Waals surface area contributed by atoms with Crippen molar-refractivity contribution >= 4 is 10.8 Å². The van der Waals surface area contributed by atoms with Crippen molar-refractivity contribution in [3.8, 4) is 11.8 Å². The summed E-state index contributed by atoms with van der Waals surface area (Å²) in [6, 6.07) is 13.8. The SMILES string of the molecule is CCCCCOc1ccc(C#N)c2ccccc12. The van der Waals surface area contributed by atoms with Crippen LogP contribution in [0.3, 0.4) is 0 Å². The smallest absolute Gasteiger partial charge is 0.127 e. The number of fused-ring (bicyclic) bond motifs is 1. The molecule has 0 aromatic heterocycles. The summed E-state index contributed by atoms with van der Waals surface area (Å²) in [7, 11) is 0. The van der Waals surface area contributed by atoms with Crippen LogP contribution in [-0.4, -0.2) is 6.61 Å². The number of nitriles is 1. The van der Waals surface area contributed by atoms with Gasteiger partial charge in [0.2, 0.25) is 0 Å². The van der Waals surface area contributed by atoms with Crippen LogP contribution < -0.4 is 4.74 Å². The fourth-order valence-electron chi connectivity index (χ4n) is 2.03. The molecule has 0 saturated heterocycles. The first-order valence-corrected chi connectivity index (χ1v) is 6.41. The van der Waals surface area contributed by atoms with Gasteiger partial charge in [0, 0.05) is 10.8 Å². The molecule has 0 aliphatic heterocycles. The van der Waals surface area contributed by atoms with E-state index >= 15 is 0 Å². The first-order valence-electron chi connectivity index (χ1n) is 6.41. The summed E-state index contributed by atoms with van der Waals surface area (Å²) in [6.07, 6.45) is 3.45. The average molecular weight is 239 g/mol. The first-order chi connectivity index (χ1) is 8.86. The van der Waals surface area contributed by atoms with Crippen LogP contribution in [0, 0.1) is 11.3 Å². The molecule has 2 heteroatoms. The summed E-state index contributed by atoms with van der Waals surface area (Å²) in [6.45, 7) is 2.92. The zero-order valence-corrected chi connectivity index (χ0v) is 10.6. The van der Waals surface area contributed by atoms with E-state index in [-0.39, 0.29) is 0 Å². The minimum absolute atomic E-state index is 0.700. The topological polar surface area (TPSA) is 33.0 Å². The van der Waals surface area contributed by atoms with Gasteiger partial charge in [0.15, 0.2) is 0 Å². The van der Waals surface area contributed by atoms with Gasteiger partial charge in [0.05, 0.1) is 18.2 Å². The van der Waals surface area contributed by atoms with Gasteiger partial charge < -0.3 is 4.74 Å². The van der Waals surface area contributed by atoms with Crippen molar-refractivity contribution in [3.05, 3.63) is 42.0 Å². The van der Waals surface area contributed by atoms with E-state index in [1.165, 1.54) is 12.8 Å². The summed E-state index contributed by atoms with van der Waals surface area (Å²) in [5, 5.41) is 11.1. The molecule has 2 aromatic carbocycles. The molecule has 0 aliphatic rings. The van der Waals surface area contributed by atoms with Gasteiger partial charge in [0.1, 0.15) is 5.75 Å². The Kier molecular flexibility index (Phi) is 4.20. The highest BCUT2D eigenvalue weighted by molar-refractivity contribution is 5.92. The maximum absolute atomic E-state index is 9.08. The Morgan fingerprint density at radius 2 is 1.83 bits per heavy atom. The second kappa shape index (κ2) is 6.07. The number of nitrogens with zero attached hydrogens (tertiary/aromatic N) is 1. The molecule has 0 amide bonds. The Hall–Kier alpha value is -2.01. The van der Waals surface area contributed by atoms with E-state index in [2.05, 4.69) is 13.0 Å². The van der Waals surface area contributed by atoms with E-state index in [0.717, 1.165) is 29.5 Å². The lowest BCUT2D eigenvalue weighted by Gasteiger charge is -2.09. The van der Waals surface area contributed by atoms with Crippen LogP contribution in [0.5, 0.6) is 5.75 Å². The molecule has 2 aromatic rings. The van der Waals surface area contributed by atoms with Gasteiger partial charge in [0.25, 0.3) is 0 Å². The van der Waals surface area contributed by atoms with Gasteiger partial charge in [-0.25, -0.2) is 0 Å². The van der Waals surface area contributed by atoms with Crippen LogP contribution in [-0.2, 0) is 0 Å². The fourth-order valence-corrected chi connectivity index (χ4v) is 2.03. The number of unbranched alkanes of at least 4 members (excludes halogenated alkanes) is 2. The van der Waals surface area contributed by atoms with Gasteiger partial charge in [-0.3, -0.25) is 0 Å². The standard InChI is InChI=1S/C16H17NO/c1-2-3-6-11-18-16-10-9-13(12-17)14-7-4-5-8-15(14)16/h4-5,7-10H,2-3,6,11H2,1H3. The Morgan fingerprint density at radius 1 is 1.06 bits per heavy atom. The van der Waals surface area contributed by atoms with E-state index in [0.29, 0.717) is 5.56 Å². The number of rotatable bonds is 5. The third-order valence-corrected chi connectivity index (χ3v) is 3.01. The monoisotopic (exact) mass is 239 g/mol. The van der Waals surface area contributed by atoms with Crippen LogP contribution in [0.1, 0.15) is 31.7 Å². The zero-order valence-electron chi connectivity index (χ0n) is 10.6. The molecule has 0 bridgehead atoms. The maximum Gasteiger partial charge on any atom is 0.127 e. The third-order valence-electron chi connectivity index (χ3n) is 3.01. The van der Waals surface area contributed by atoms with Crippen LogP contribution in [0.15, 0.2) is 36.4 Å². The lowest BCUT2D eigenvalue weighted by atomic mass is 10.0. The molecule has 0 N–H and O–H groups in total. The fraction of sp³-hybridized carbons (Fsp3) is 0.312.